The topological polar surface area (TPSA) is 88.6 Å². The van der Waals surface area contributed by atoms with Gasteiger partial charge in [-0.3, -0.25) is 9.69 Å². The largest absolute Gasteiger partial charge is 0.496 e. The Kier molecular flexibility index (Phi) is 7.36. The third-order valence-electron chi connectivity index (χ3n) is 7.11. The maximum atomic E-state index is 13.5. The van der Waals surface area contributed by atoms with Gasteiger partial charge in [0.15, 0.2) is 11.5 Å². The van der Waals surface area contributed by atoms with Gasteiger partial charge in [-0.15, -0.1) is 0 Å². The Labute approximate surface area is 212 Å². The van der Waals surface area contributed by atoms with Crippen molar-refractivity contribution in [1.82, 2.24) is 14.1 Å². The first-order valence-corrected chi connectivity index (χ1v) is 14.0. The summed E-state index contributed by atoms with van der Waals surface area (Å²) in [4.78, 5) is 17.7. The molecule has 2 fully saturated rings. The standard InChI is InChI=1S/C26H33N3O6S/c1-33-23-9-7-21(36(31,32)29-10-4-2-3-5-11-29)17-22(23)26(30)28-14-12-27(13-15-28)18-20-6-8-24-25(16-20)35-19-34-24/h6-9,16-17H,2-5,10-15,18-19H2,1H3. The van der Waals surface area contributed by atoms with E-state index in [-0.39, 0.29) is 23.2 Å². The van der Waals surface area contributed by atoms with E-state index in [2.05, 4.69) is 4.90 Å². The van der Waals surface area contributed by atoms with E-state index in [9.17, 15) is 13.2 Å². The van der Waals surface area contributed by atoms with Gasteiger partial charge in [0, 0.05) is 45.8 Å². The van der Waals surface area contributed by atoms with Crippen LogP contribution >= 0.6 is 0 Å². The summed E-state index contributed by atoms with van der Waals surface area (Å²) in [5.74, 6) is 1.71. The number of ether oxygens (including phenoxy) is 3. The number of nitrogens with zero attached hydrogens (tertiary/aromatic N) is 3. The van der Waals surface area contributed by atoms with Crippen LogP contribution in [-0.2, 0) is 16.6 Å². The lowest BCUT2D eigenvalue weighted by Crippen LogP contribution is -2.48. The molecule has 0 aliphatic carbocycles. The second kappa shape index (κ2) is 10.7. The number of piperazine rings is 1. The molecule has 0 spiro atoms. The van der Waals surface area contributed by atoms with Crippen molar-refractivity contribution < 1.29 is 27.4 Å². The lowest BCUT2D eigenvalue weighted by Gasteiger charge is -2.35. The summed E-state index contributed by atoms with van der Waals surface area (Å²) in [6.07, 6.45) is 3.80. The summed E-state index contributed by atoms with van der Waals surface area (Å²) in [6, 6.07) is 10.6. The lowest BCUT2D eigenvalue weighted by atomic mass is 10.1. The fourth-order valence-electron chi connectivity index (χ4n) is 5.02. The molecular weight excluding hydrogens is 482 g/mol. The molecule has 3 aliphatic rings. The van der Waals surface area contributed by atoms with Crippen molar-refractivity contribution >= 4 is 15.9 Å². The average molecular weight is 516 g/mol. The van der Waals surface area contributed by atoms with Gasteiger partial charge in [-0.1, -0.05) is 18.9 Å². The minimum atomic E-state index is -3.67. The number of hydrogen-bond donors (Lipinski definition) is 0. The van der Waals surface area contributed by atoms with Gasteiger partial charge in [-0.25, -0.2) is 8.42 Å². The summed E-state index contributed by atoms with van der Waals surface area (Å²) in [5, 5.41) is 0. The quantitative estimate of drug-likeness (QED) is 0.585. The van der Waals surface area contributed by atoms with Crippen LogP contribution in [0.15, 0.2) is 41.3 Å². The van der Waals surface area contributed by atoms with Crippen LogP contribution in [0.4, 0.5) is 0 Å². The predicted octanol–water partition coefficient (Wildman–Crippen LogP) is 2.95. The van der Waals surface area contributed by atoms with Gasteiger partial charge in [0.25, 0.3) is 5.91 Å². The van der Waals surface area contributed by atoms with Crippen molar-refractivity contribution in [3.63, 3.8) is 0 Å². The number of benzene rings is 2. The van der Waals surface area contributed by atoms with Crippen LogP contribution in [0.3, 0.4) is 0 Å². The Morgan fingerprint density at radius 1 is 0.889 bits per heavy atom. The fraction of sp³-hybridized carbons (Fsp3) is 0.500. The number of carbonyl (C=O) groups excluding carboxylic acids is 1. The summed E-state index contributed by atoms with van der Waals surface area (Å²) in [5.41, 5.74) is 1.42. The van der Waals surface area contributed by atoms with E-state index < -0.39 is 10.0 Å². The molecule has 5 rings (SSSR count). The number of methoxy groups -OCH3 is 1. The molecule has 0 saturated carbocycles. The third-order valence-corrected chi connectivity index (χ3v) is 9.00. The zero-order valence-electron chi connectivity index (χ0n) is 20.6. The van der Waals surface area contributed by atoms with Crippen LogP contribution < -0.4 is 14.2 Å². The van der Waals surface area contributed by atoms with Crippen LogP contribution in [0.25, 0.3) is 0 Å². The van der Waals surface area contributed by atoms with Gasteiger partial charge in [0.05, 0.1) is 17.6 Å². The van der Waals surface area contributed by atoms with Gasteiger partial charge in [-0.2, -0.15) is 4.31 Å². The van der Waals surface area contributed by atoms with Crippen LogP contribution in [0, 0.1) is 0 Å². The summed E-state index contributed by atoms with van der Waals surface area (Å²) in [7, 11) is -2.17. The van der Waals surface area contributed by atoms with Crippen LogP contribution in [0.2, 0.25) is 0 Å². The van der Waals surface area contributed by atoms with Crippen LogP contribution in [0.5, 0.6) is 17.2 Å². The fourth-order valence-corrected chi connectivity index (χ4v) is 6.57. The minimum absolute atomic E-state index is 0.148. The van der Waals surface area contributed by atoms with E-state index in [1.54, 1.807) is 21.3 Å². The predicted molar refractivity (Wildman–Crippen MR) is 134 cm³/mol. The maximum Gasteiger partial charge on any atom is 0.257 e. The number of rotatable bonds is 6. The van der Waals surface area contributed by atoms with Crippen LogP contribution in [-0.4, -0.2) is 81.6 Å². The molecule has 10 heteroatoms. The first-order chi connectivity index (χ1) is 17.5. The zero-order chi connectivity index (χ0) is 25.1. The molecule has 0 unspecified atom stereocenters. The van der Waals surface area contributed by atoms with Crippen molar-refractivity contribution in [1.29, 1.82) is 0 Å². The molecular formula is C26H33N3O6S. The summed E-state index contributed by atoms with van der Waals surface area (Å²) < 4.78 is 44.5. The molecule has 9 nitrogen and oxygen atoms in total. The van der Waals surface area contributed by atoms with Gasteiger partial charge < -0.3 is 19.1 Å². The van der Waals surface area contributed by atoms with E-state index in [0.717, 1.165) is 49.3 Å². The SMILES string of the molecule is COc1ccc(S(=O)(=O)N2CCCCCC2)cc1C(=O)N1CCN(Cc2ccc3c(c2)OCO3)CC1. The number of fused-ring (bicyclic) bond motifs is 1. The molecule has 1 amide bonds. The Bertz CT molecular complexity index is 1200. The van der Waals surface area contributed by atoms with Gasteiger partial charge in [0.2, 0.25) is 16.8 Å². The second-order valence-electron chi connectivity index (χ2n) is 9.44. The Morgan fingerprint density at radius 2 is 1.61 bits per heavy atom. The van der Waals surface area contributed by atoms with Crippen LogP contribution in [0.1, 0.15) is 41.6 Å². The molecule has 2 saturated heterocycles. The molecule has 3 heterocycles. The number of amides is 1. The first-order valence-electron chi connectivity index (χ1n) is 12.5. The van der Waals surface area contributed by atoms with Crippen molar-refractivity contribution in [2.24, 2.45) is 0 Å². The van der Waals surface area contributed by atoms with E-state index in [1.807, 2.05) is 18.2 Å². The molecule has 0 radical (unpaired) electrons. The van der Waals surface area contributed by atoms with Crippen molar-refractivity contribution in [2.45, 2.75) is 37.1 Å². The molecule has 2 aromatic carbocycles. The van der Waals surface area contributed by atoms with Crippen molar-refractivity contribution in [2.75, 3.05) is 53.2 Å². The number of carbonyl (C=O) groups is 1. The second-order valence-corrected chi connectivity index (χ2v) is 11.4. The molecule has 36 heavy (non-hydrogen) atoms. The molecule has 194 valence electrons. The van der Waals surface area contributed by atoms with E-state index in [4.69, 9.17) is 14.2 Å². The number of sulfonamides is 1. The lowest BCUT2D eigenvalue weighted by molar-refractivity contribution is 0.0625. The van der Waals surface area contributed by atoms with Crippen molar-refractivity contribution in [3.05, 3.63) is 47.5 Å². The Hall–Kier alpha value is -2.82. The summed E-state index contributed by atoms with van der Waals surface area (Å²) in [6.45, 7) is 4.58. The van der Waals surface area contributed by atoms with Gasteiger partial charge in [-0.05, 0) is 48.7 Å². The average Bonchev–Trinajstić information content (AvgIpc) is 3.18. The van der Waals surface area contributed by atoms with E-state index in [1.165, 1.54) is 13.2 Å². The smallest absolute Gasteiger partial charge is 0.257 e. The molecule has 0 bridgehead atoms. The highest BCUT2D eigenvalue weighted by Crippen LogP contribution is 2.33. The number of hydrogen-bond acceptors (Lipinski definition) is 7. The minimum Gasteiger partial charge on any atom is -0.496 e. The Balaban J connectivity index is 1.26. The molecule has 0 atom stereocenters. The highest BCUT2D eigenvalue weighted by atomic mass is 32.2. The molecule has 0 aromatic heterocycles. The zero-order valence-corrected chi connectivity index (χ0v) is 21.5. The monoisotopic (exact) mass is 515 g/mol. The molecule has 3 aliphatic heterocycles. The summed E-state index contributed by atoms with van der Waals surface area (Å²) >= 11 is 0. The Morgan fingerprint density at radius 3 is 2.33 bits per heavy atom. The normalized spacial score (nSPS) is 19.2. The first kappa shape index (κ1) is 24.9. The van der Waals surface area contributed by atoms with E-state index in [0.29, 0.717) is 45.0 Å². The highest BCUT2D eigenvalue weighted by Gasteiger charge is 2.29. The van der Waals surface area contributed by atoms with Gasteiger partial charge >= 0.3 is 0 Å². The highest BCUT2D eigenvalue weighted by molar-refractivity contribution is 7.89. The third kappa shape index (κ3) is 5.16. The van der Waals surface area contributed by atoms with Crippen molar-refractivity contribution in [3.8, 4) is 17.2 Å². The molecule has 0 N–H and O–H groups in total. The maximum absolute atomic E-state index is 13.5. The van der Waals surface area contributed by atoms with E-state index >= 15 is 0 Å². The molecule has 2 aromatic rings. The van der Waals surface area contributed by atoms with Gasteiger partial charge in [0.1, 0.15) is 5.75 Å².